The molecule has 0 aliphatic heterocycles. The molecule has 0 amide bonds. The summed E-state index contributed by atoms with van der Waals surface area (Å²) in [7, 11) is 0. The Hall–Kier alpha value is -12.6. The molecular weight excluding hydrogens is 1230 g/mol. The minimum atomic E-state index is -0.396. The van der Waals surface area contributed by atoms with E-state index in [4.69, 9.17) is 15.0 Å². The molecule has 0 radical (unpaired) electrons. The van der Waals surface area contributed by atoms with Crippen LogP contribution in [0, 0.1) is 41.5 Å². The quantitative estimate of drug-likeness (QED) is 0.121. The number of aromatic nitrogens is 7. The zero-order chi connectivity index (χ0) is 67.7. The monoisotopic (exact) mass is 1290 g/mol. The topological polar surface area (TPSA) is 58.4 Å². The van der Waals surface area contributed by atoms with Gasteiger partial charge in [0.1, 0.15) is 5.72 Å². The molecule has 0 N–H and O–H groups in total. The van der Waals surface area contributed by atoms with Crippen LogP contribution in [0.3, 0.4) is 0 Å². The lowest BCUT2D eigenvalue weighted by Crippen LogP contribution is -2.58. The predicted molar refractivity (Wildman–Crippen MR) is 425 cm³/mol. The van der Waals surface area contributed by atoms with Gasteiger partial charge >= 0.3 is 0 Å². The first-order valence-electron chi connectivity index (χ1n) is 34.9. The number of fused-ring (bicyclic) bond motifs is 14. The van der Waals surface area contributed by atoms with Gasteiger partial charge in [-0.3, -0.25) is 9.13 Å². The minimum absolute atomic E-state index is 0.396. The van der Waals surface area contributed by atoms with Crippen LogP contribution in [0.4, 0.5) is 0 Å². The molecule has 5 heterocycles. The highest BCUT2D eigenvalue weighted by Crippen LogP contribution is 2.46. The second-order valence-electron chi connectivity index (χ2n) is 27.5. The van der Waals surface area contributed by atoms with Gasteiger partial charge < -0.3 is 9.13 Å². The van der Waals surface area contributed by atoms with E-state index in [0.29, 0.717) is 17.6 Å². The van der Waals surface area contributed by atoms with Crippen LogP contribution < -0.4 is 16.6 Å². The van der Waals surface area contributed by atoms with Gasteiger partial charge in [0.15, 0.2) is 0 Å². The van der Waals surface area contributed by atoms with Crippen LogP contribution in [-0.4, -0.2) is 39.9 Å². The van der Waals surface area contributed by atoms with E-state index in [0.717, 1.165) is 132 Å². The molecule has 0 bridgehead atoms. The number of hydrogen-bond donors (Lipinski definition) is 0. The maximum atomic E-state index is 6.02. The molecule has 0 saturated carbocycles. The second kappa shape index (κ2) is 23.5. The summed E-state index contributed by atoms with van der Waals surface area (Å²) in [6.07, 6.45) is 0. The molecule has 7 nitrogen and oxygen atoms in total. The SMILES string of the molecule is Cc1cc(C)c(B(c2nc(-n3c4ccccc4c4c3ccc3c5ccccc5n(-c5cc(-c6ccccc6)cc(-c6ccccc6)c5)c34)nc(-n3c4ccccc4c4c3ccc3c5ccccc5n(-c5cc(-c6ccccc6)cc(-c6ccccc6)c5)c34)n2)c2c(C)cc(C)cc2C)c(C)c1. The highest BCUT2D eigenvalue weighted by molar-refractivity contribution is 6.95. The molecule has 0 unspecified atom stereocenters. The number of nitrogens with zero attached hydrogens (tertiary/aromatic N) is 7. The highest BCUT2D eigenvalue weighted by atomic mass is 15.3. The Kier molecular flexibility index (Phi) is 13.9. The van der Waals surface area contributed by atoms with Crippen molar-refractivity contribution < 1.29 is 0 Å². The van der Waals surface area contributed by atoms with E-state index in [1.807, 2.05) is 0 Å². The molecule has 8 heteroatoms. The third-order valence-corrected chi connectivity index (χ3v) is 21.1. The van der Waals surface area contributed by atoms with E-state index in [2.05, 4.69) is 363 Å². The molecule has 0 fully saturated rings. The summed E-state index contributed by atoms with van der Waals surface area (Å²) in [4.78, 5) is 18.0. The van der Waals surface area contributed by atoms with Crippen molar-refractivity contribution in [3.05, 3.63) is 337 Å². The molecular formula is C93H68BN7. The van der Waals surface area contributed by atoms with Gasteiger partial charge in [-0.15, -0.1) is 0 Å². The van der Waals surface area contributed by atoms with Crippen molar-refractivity contribution in [1.82, 2.24) is 33.2 Å². The molecule has 0 aliphatic carbocycles. The van der Waals surface area contributed by atoms with Crippen molar-refractivity contribution in [2.24, 2.45) is 0 Å². The number of para-hydroxylation sites is 4. The van der Waals surface area contributed by atoms with Gasteiger partial charge in [0.25, 0.3) is 6.71 Å². The fourth-order valence-electron chi connectivity index (χ4n) is 17.0. The van der Waals surface area contributed by atoms with Crippen LogP contribution in [0.5, 0.6) is 0 Å². The maximum absolute atomic E-state index is 6.02. The Labute approximate surface area is 586 Å². The van der Waals surface area contributed by atoms with Crippen molar-refractivity contribution in [3.63, 3.8) is 0 Å². The number of aryl methyl sites for hydroxylation is 6. The summed E-state index contributed by atoms with van der Waals surface area (Å²) in [5.41, 5.74) is 29.9. The number of hydrogen-bond acceptors (Lipinski definition) is 3. The van der Waals surface area contributed by atoms with Crippen molar-refractivity contribution >= 4 is 111 Å². The van der Waals surface area contributed by atoms with Crippen molar-refractivity contribution in [2.45, 2.75) is 41.5 Å². The minimum Gasteiger partial charge on any atom is -0.308 e. The first-order valence-corrected chi connectivity index (χ1v) is 34.9. The summed E-state index contributed by atoms with van der Waals surface area (Å²) in [6.45, 7) is 13.0. The van der Waals surface area contributed by atoms with Gasteiger partial charge in [0, 0.05) is 54.5 Å². The van der Waals surface area contributed by atoms with Crippen LogP contribution in [0.2, 0.25) is 0 Å². The standard InChI is InChI=1S/C93H68BN7/c1-57-47-59(3)87(60(4)48-57)94(88-61(5)49-58(2)50-62(88)6)91-95-92(100-81-41-25-21-37-77(81)85-83(100)45-43-75-73-35-19-23-39-79(73)98(89(75)85)71-53-67(63-27-11-7-12-28-63)51-68(54-71)64-29-13-8-14-30-64)97-93(96-91)101-82-42-26-22-38-78(82)86-84(101)46-44-76-74-36-20-24-40-80(74)99(90(76)86)72-55-69(65-31-15-9-16-32-65)52-70(56-72)66-33-17-10-18-34-66/h7-56H,1-6H3. The summed E-state index contributed by atoms with van der Waals surface area (Å²) in [5.74, 6) is 1.05. The van der Waals surface area contributed by atoms with Crippen molar-refractivity contribution in [2.75, 3.05) is 0 Å². The molecule has 0 aliphatic rings. The molecule has 19 rings (SSSR count). The third-order valence-electron chi connectivity index (χ3n) is 21.1. The Morgan fingerprint density at radius 2 is 0.535 bits per heavy atom. The lowest BCUT2D eigenvalue weighted by Gasteiger charge is -2.24. The van der Waals surface area contributed by atoms with Crippen LogP contribution in [0.1, 0.15) is 33.4 Å². The molecule has 101 heavy (non-hydrogen) atoms. The van der Waals surface area contributed by atoms with E-state index in [9.17, 15) is 0 Å². The van der Waals surface area contributed by atoms with Gasteiger partial charge in [0.2, 0.25) is 11.9 Å². The first-order chi connectivity index (χ1) is 49.6. The van der Waals surface area contributed by atoms with Crippen LogP contribution in [0.15, 0.2) is 303 Å². The molecule has 19 aromatic rings. The summed E-state index contributed by atoms with van der Waals surface area (Å²) < 4.78 is 9.66. The first kappa shape index (κ1) is 59.6. The smallest absolute Gasteiger partial charge is 0.291 e. The predicted octanol–water partition coefficient (Wildman–Crippen LogP) is 21.3. The lowest BCUT2D eigenvalue weighted by atomic mass is 9.37. The van der Waals surface area contributed by atoms with Crippen molar-refractivity contribution in [3.8, 4) is 67.8 Å². The fourth-order valence-corrected chi connectivity index (χ4v) is 17.0. The summed E-state index contributed by atoms with van der Waals surface area (Å²) in [5, 5.41) is 9.06. The Morgan fingerprint density at radius 1 is 0.238 bits per heavy atom. The van der Waals surface area contributed by atoms with Gasteiger partial charge in [-0.2, -0.15) is 4.98 Å². The zero-order valence-electron chi connectivity index (χ0n) is 57.1. The van der Waals surface area contributed by atoms with Crippen LogP contribution in [-0.2, 0) is 0 Å². The van der Waals surface area contributed by atoms with Crippen molar-refractivity contribution in [1.29, 1.82) is 0 Å². The fraction of sp³-hybridized carbons (Fsp3) is 0.0645. The van der Waals surface area contributed by atoms with Crippen LogP contribution in [0.25, 0.3) is 155 Å². The molecule has 0 spiro atoms. The van der Waals surface area contributed by atoms with Gasteiger partial charge in [0.05, 0.1) is 44.1 Å². The largest absolute Gasteiger partial charge is 0.308 e. The Morgan fingerprint density at radius 3 is 0.871 bits per heavy atom. The highest BCUT2D eigenvalue weighted by Gasteiger charge is 2.35. The van der Waals surface area contributed by atoms with E-state index < -0.39 is 6.71 Å². The molecule has 5 aromatic heterocycles. The third kappa shape index (κ3) is 9.61. The van der Waals surface area contributed by atoms with Gasteiger partial charge in [-0.05, 0) is 159 Å². The second-order valence-corrected chi connectivity index (χ2v) is 27.5. The maximum Gasteiger partial charge on any atom is 0.291 e. The summed E-state index contributed by atoms with van der Waals surface area (Å²) in [6, 6.07) is 111. The molecule has 0 atom stereocenters. The molecule has 0 saturated heterocycles. The van der Waals surface area contributed by atoms with E-state index in [1.54, 1.807) is 0 Å². The number of rotatable bonds is 11. The van der Waals surface area contributed by atoms with Crippen LogP contribution >= 0.6 is 0 Å². The Bertz CT molecular complexity index is 6020. The van der Waals surface area contributed by atoms with E-state index >= 15 is 0 Å². The molecule has 478 valence electrons. The molecule has 14 aromatic carbocycles. The average Bonchev–Trinajstić information content (AvgIpc) is 1.55. The van der Waals surface area contributed by atoms with Gasteiger partial charge in [-0.1, -0.05) is 275 Å². The van der Waals surface area contributed by atoms with E-state index in [-0.39, 0.29) is 0 Å². The normalized spacial score (nSPS) is 11.9. The zero-order valence-corrected chi connectivity index (χ0v) is 57.1. The Balaban J connectivity index is 0.934. The van der Waals surface area contributed by atoms with E-state index in [1.165, 1.54) is 55.1 Å². The lowest BCUT2D eigenvalue weighted by molar-refractivity contribution is 0.905. The number of benzene rings is 14. The average molecular weight is 1290 g/mol. The summed E-state index contributed by atoms with van der Waals surface area (Å²) >= 11 is 0. The van der Waals surface area contributed by atoms with Gasteiger partial charge in [-0.25, -0.2) is 9.97 Å².